The summed E-state index contributed by atoms with van der Waals surface area (Å²) in [5, 5.41) is 0. The number of hydrogen-bond acceptors (Lipinski definition) is 4. The van der Waals surface area contributed by atoms with Crippen LogP contribution in [0.2, 0.25) is 0 Å². The minimum atomic E-state index is -4.92. The average Bonchev–Trinajstić information content (AvgIpc) is 2.55. The second-order valence-electron chi connectivity index (χ2n) is 5.48. The van der Waals surface area contributed by atoms with Crippen molar-refractivity contribution in [3.63, 3.8) is 0 Å². The molecule has 0 spiro atoms. The topological polar surface area (TPSA) is 114 Å². The lowest BCUT2D eigenvalue weighted by atomic mass is 10.0. The quantitative estimate of drug-likeness (QED) is 0.404. The van der Waals surface area contributed by atoms with E-state index >= 15 is 0 Å². The molecule has 8 heteroatoms. The van der Waals surface area contributed by atoms with Gasteiger partial charge in [0.25, 0.3) is 0 Å². The van der Waals surface area contributed by atoms with Crippen LogP contribution in [0.4, 0.5) is 0 Å². The minimum absolute atomic E-state index is 0.115. The van der Waals surface area contributed by atoms with Crippen LogP contribution in [0.15, 0.2) is 65.5 Å². The number of nitrogens with zero attached hydrogens (tertiary/aromatic N) is 1. The summed E-state index contributed by atoms with van der Waals surface area (Å²) in [7, 11) is -4.92. The van der Waals surface area contributed by atoms with Gasteiger partial charge in [0.1, 0.15) is 17.1 Å². The molecule has 7 nitrogen and oxygen atoms in total. The fourth-order valence-electron chi connectivity index (χ4n) is 2.73. The molecule has 2 N–H and O–H groups in total. The summed E-state index contributed by atoms with van der Waals surface area (Å²) < 4.78 is 34.6. The molecule has 0 fully saturated rings. The molecule has 26 heavy (non-hydrogen) atoms. The Labute approximate surface area is 151 Å². The Kier molecular flexibility index (Phi) is 6.04. The lowest BCUT2D eigenvalue weighted by Gasteiger charge is -2.09. The summed E-state index contributed by atoms with van der Waals surface area (Å²) >= 11 is 0. The van der Waals surface area contributed by atoms with E-state index in [1.54, 1.807) is 4.57 Å². The number of rotatable bonds is 2. The number of H-pyrrole nitrogens is 1. The molecule has 0 unspecified atom stereocenters. The number of aromatic amines is 1. The van der Waals surface area contributed by atoms with Gasteiger partial charge in [0.05, 0.1) is 5.56 Å². The van der Waals surface area contributed by atoms with Crippen LogP contribution in [0, 0.1) is 13.8 Å². The fourth-order valence-corrected chi connectivity index (χ4v) is 2.73. The van der Waals surface area contributed by atoms with Crippen molar-refractivity contribution >= 4 is 10.4 Å². The molecule has 0 atom stereocenters. The molecule has 0 amide bonds. The first-order valence-corrected chi connectivity index (χ1v) is 8.99. The predicted octanol–water partition coefficient (Wildman–Crippen LogP) is 1.94. The van der Waals surface area contributed by atoms with Gasteiger partial charge in [0.15, 0.2) is 0 Å². The van der Waals surface area contributed by atoms with Crippen LogP contribution in [0.25, 0.3) is 16.8 Å². The van der Waals surface area contributed by atoms with Gasteiger partial charge in [-0.15, -0.1) is 0 Å². The maximum Gasteiger partial charge on any atom is 0.501 e. The number of aromatic nitrogens is 2. The Hall–Kier alpha value is -2.81. The molecule has 0 aliphatic rings. The molecule has 0 saturated carbocycles. The Morgan fingerprint density at radius 2 is 1.42 bits per heavy atom. The SMILES string of the molecule is Cc1[nH]c(=O)[n+](-c2ccccc2)c(C)c1-c1ccccc1.O=S(=O)([O-])O. The standard InChI is InChI=1S/C18H16N2O.H2O4S/c1-13-17(15-9-5-3-6-10-15)14(2)20(18(21)19-13)16-11-7-4-8-12-16;1-5(2,3)4/h3-12H,1-2H3;(H2,1,2,3,4). The van der Waals surface area contributed by atoms with Gasteiger partial charge < -0.3 is 4.55 Å². The fraction of sp³-hybridized carbons (Fsp3) is 0.111. The van der Waals surface area contributed by atoms with Crippen molar-refractivity contribution in [2.24, 2.45) is 0 Å². The zero-order chi connectivity index (χ0) is 19.3. The number of hydrogen-bond donors (Lipinski definition) is 2. The maximum absolute atomic E-state index is 12.4. The summed E-state index contributed by atoms with van der Waals surface area (Å²) in [5.41, 5.74) is 4.75. The van der Waals surface area contributed by atoms with Crippen molar-refractivity contribution in [2.45, 2.75) is 13.8 Å². The normalized spacial score (nSPS) is 10.8. The van der Waals surface area contributed by atoms with Crippen LogP contribution in [0.1, 0.15) is 11.4 Å². The van der Waals surface area contributed by atoms with Crippen molar-refractivity contribution in [1.29, 1.82) is 0 Å². The second kappa shape index (κ2) is 8.05. The van der Waals surface area contributed by atoms with Crippen molar-refractivity contribution in [3.8, 4) is 16.8 Å². The van der Waals surface area contributed by atoms with Crippen LogP contribution in [0.5, 0.6) is 0 Å². The molecular formula is C18H18N2O5S. The van der Waals surface area contributed by atoms with Crippen LogP contribution in [-0.2, 0) is 10.4 Å². The molecule has 0 radical (unpaired) electrons. The highest BCUT2D eigenvalue weighted by atomic mass is 32.3. The van der Waals surface area contributed by atoms with E-state index in [0.29, 0.717) is 0 Å². The number of para-hydroxylation sites is 1. The summed E-state index contributed by atoms with van der Waals surface area (Å²) in [6.07, 6.45) is 0. The van der Waals surface area contributed by atoms with Gasteiger partial charge in [-0.25, -0.2) is 13.4 Å². The first-order chi connectivity index (χ1) is 12.2. The number of benzene rings is 2. The van der Waals surface area contributed by atoms with E-state index in [1.165, 1.54) is 0 Å². The number of aryl methyl sites for hydroxylation is 1. The molecule has 0 aliphatic heterocycles. The van der Waals surface area contributed by atoms with Gasteiger partial charge >= 0.3 is 5.69 Å². The number of nitrogens with one attached hydrogen (secondary N) is 1. The van der Waals surface area contributed by atoms with Gasteiger partial charge in [0, 0.05) is 0 Å². The molecule has 1 aromatic heterocycles. The van der Waals surface area contributed by atoms with E-state index in [9.17, 15) is 4.79 Å². The highest BCUT2D eigenvalue weighted by molar-refractivity contribution is 7.79. The first-order valence-electron chi connectivity index (χ1n) is 7.63. The third-order valence-corrected chi connectivity index (χ3v) is 3.65. The van der Waals surface area contributed by atoms with Crippen LogP contribution < -0.4 is 10.3 Å². The van der Waals surface area contributed by atoms with E-state index in [4.69, 9.17) is 17.5 Å². The zero-order valence-corrected chi connectivity index (χ0v) is 15.0. The maximum atomic E-state index is 12.4. The van der Waals surface area contributed by atoms with Crippen molar-refractivity contribution in [1.82, 2.24) is 4.98 Å². The smallest absolute Gasteiger partial charge is 0.501 e. The first kappa shape index (κ1) is 19.5. The van der Waals surface area contributed by atoms with E-state index in [1.807, 2.05) is 62.4 Å². The van der Waals surface area contributed by atoms with Crippen LogP contribution in [0.3, 0.4) is 0 Å². The molecule has 136 valence electrons. The predicted molar refractivity (Wildman–Crippen MR) is 95.8 cm³/mol. The van der Waals surface area contributed by atoms with E-state index in [-0.39, 0.29) is 5.69 Å². The molecule has 3 aromatic rings. The Morgan fingerprint density at radius 3 is 1.92 bits per heavy atom. The molecular weight excluding hydrogens is 356 g/mol. The van der Waals surface area contributed by atoms with Crippen LogP contribution in [-0.4, -0.2) is 22.5 Å². The second-order valence-corrected chi connectivity index (χ2v) is 6.34. The third-order valence-electron chi connectivity index (χ3n) is 3.65. The van der Waals surface area contributed by atoms with Crippen molar-refractivity contribution < 1.29 is 22.1 Å². The molecule has 0 aliphatic carbocycles. The highest BCUT2D eigenvalue weighted by Gasteiger charge is 2.20. The molecule has 1 heterocycles. The Morgan fingerprint density at radius 1 is 0.962 bits per heavy atom. The summed E-state index contributed by atoms with van der Waals surface area (Å²) in [6, 6.07) is 19.8. The summed E-state index contributed by atoms with van der Waals surface area (Å²) in [4.78, 5) is 15.3. The lowest BCUT2D eigenvalue weighted by Crippen LogP contribution is -2.52. The van der Waals surface area contributed by atoms with Gasteiger partial charge in [-0.1, -0.05) is 48.5 Å². The van der Waals surface area contributed by atoms with E-state index < -0.39 is 10.4 Å². The lowest BCUT2D eigenvalue weighted by molar-refractivity contribution is -0.621. The van der Waals surface area contributed by atoms with Gasteiger partial charge in [-0.2, -0.15) is 9.36 Å². The molecule has 2 aromatic carbocycles. The third kappa shape index (κ3) is 5.09. The molecule has 0 bridgehead atoms. The van der Waals surface area contributed by atoms with Gasteiger partial charge in [-0.3, -0.25) is 4.55 Å². The van der Waals surface area contributed by atoms with Crippen molar-refractivity contribution in [2.75, 3.05) is 0 Å². The Bertz CT molecular complexity index is 1040. The van der Waals surface area contributed by atoms with E-state index in [2.05, 4.69) is 17.1 Å². The zero-order valence-electron chi connectivity index (χ0n) is 14.2. The molecule has 3 rings (SSSR count). The Balaban J connectivity index is 0.000000431. The van der Waals surface area contributed by atoms with Crippen molar-refractivity contribution in [3.05, 3.63) is 82.5 Å². The monoisotopic (exact) mass is 374 g/mol. The largest absolute Gasteiger partial charge is 0.726 e. The summed E-state index contributed by atoms with van der Waals surface area (Å²) in [6.45, 7) is 3.92. The van der Waals surface area contributed by atoms with Crippen LogP contribution >= 0.6 is 0 Å². The minimum Gasteiger partial charge on any atom is -0.726 e. The average molecular weight is 374 g/mol. The molecule has 0 saturated heterocycles. The summed E-state index contributed by atoms with van der Waals surface area (Å²) in [5.74, 6) is 0. The highest BCUT2D eigenvalue weighted by Crippen LogP contribution is 2.23. The van der Waals surface area contributed by atoms with E-state index in [0.717, 1.165) is 28.2 Å². The van der Waals surface area contributed by atoms with Gasteiger partial charge in [-0.05, 0) is 31.5 Å². The van der Waals surface area contributed by atoms with Gasteiger partial charge in [0.2, 0.25) is 10.4 Å².